The molecule has 0 bridgehead atoms. The number of nitrogens with one attached hydrogen (secondary N) is 1. The predicted octanol–water partition coefficient (Wildman–Crippen LogP) is 5.05. The minimum atomic E-state index is 0.130. The minimum Gasteiger partial charge on any atom is -0.504 e. The fourth-order valence-corrected chi connectivity index (χ4v) is 4.63. The van der Waals surface area contributed by atoms with Crippen molar-refractivity contribution in [3.63, 3.8) is 0 Å². The first-order valence-corrected chi connectivity index (χ1v) is 9.81. The molecule has 3 aromatic heterocycles. The summed E-state index contributed by atoms with van der Waals surface area (Å²) in [5.74, 6) is 2.14. The van der Waals surface area contributed by atoms with Gasteiger partial charge in [0.2, 0.25) is 0 Å². The van der Waals surface area contributed by atoms with Crippen LogP contribution in [0.5, 0.6) is 11.5 Å². The van der Waals surface area contributed by atoms with Gasteiger partial charge in [-0.25, -0.2) is 9.97 Å². The molecule has 0 radical (unpaired) electrons. The van der Waals surface area contributed by atoms with E-state index >= 15 is 0 Å². The molecule has 0 amide bonds. The number of rotatable bonds is 5. The van der Waals surface area contributed by atoms with Crippen molar-refractivity contribution in [3.05, 3.63) is 52.5 Å². The van der Waals surface area contributed by atoms with Gasteiger partial charge in [0.15, 0.2) is 11.5 Å². The Hall–Kier alpha value is -2.64. The molecule has 4 aromatic rings. The van der Waals surface area contributed by atoms with Crippen molar-refractivity contribution in [1.29, 1.82) is 0 Å². The molecule has 0 saturated carbocycles. The summed E-state index contributed by atoms with van der Waals surface area (Å²) in [6, 6.07) is 9.54. The molecule has 0 unspecified atom stereocenters. The van der Waals surface area contributed by atoms with E-state index < -0.39 is 0 Å². The molecule has 0 fully saturated rings. The lowest BCUT2D eigenvalue weighted by atomic mass is 10.1. The third kappa shape index (κ3) is 3.11. The van der Waals surface area contributed by atoms with Crippen LogP contribution in [0.3, 0.4) is 0 Å². The molecule has 132 valence electrons. The quantitative estimate of drug-likeness (QED) is 0.504. The topological polar surface area (TPSA) is 67.3 Å². The van der Waals surface area contributed by atoms with Crippen LogP contribution in [0, 0.1) is 6.92 Å². The fourth-order valence-electron chi connectivity index (χ4n) is 2.82. The number of phenols is 1. The van der Waals surface area contributed by atoms with Crippen LogP contribution in [0.15, 0.2) is 41.1 Å². The number of fused-ring (bicyclic) bond motifs is 1. The Bertz CT molecular complexity index is 1060. The maximum Gasteiger partial charge on any atom is 0.160 e. The van der Waals surface area contributed by atoms with E-state index in [1.807, 2.05) is 19.1 Å². The third-order valence-corrected chi connectivity index (χ3v) is 5.81. The summed E-state index contributed by atoms with van der Waals surface area (Å²) < 4.78 is 5.09. The van der Waals surface area contributed by atoms with Crippen LogP contribution < -0.4 is 10.1 Å². The molecule has 26 heavy (non-hydrogen) atoms. The van der Waals surface area contributed by atoms with Crippen molar-refractivity contribution in [1.82, 2.24) is 9.97 Å². The molecule has 0 spiro atoms. The number of thiophene rings is 2. The molecular weight excluding hydrogens is 366 g/mol. The highest BCUT2D eigenvalue weighted by molar-refractivity contribution is 7.18. The number of ether oxygens (including phenoxy) is 1. The van der Waals surface area contributed by atoms with Gasteiger partial charge in [-0.2, -0.15) is 0 Å². The van der Waals surface area contributed by atoms with Gasteiger partial charge >= 0.3 is 0 Å². The van der Waals surface area contributed by atoms with Crippen LogP contribution in [0.1, 0.15) is 11.4 Å². The van der Waals surface area contributed by atoms with Crippen LogP contribution in [-0.2, 0) is 6.54 Å². The van der Waals surface area contributed by atoms with Gasteiger partial charge in [-0.3, -0.25) is 0 Å². The molecule has 7 heteroatoms. The average molecular weight is 383 g/mol. The fraction of sp³-hybridized carbons (Fsp3) is 0.158. The average Bonchev–Trinajstić information content (AvgIpc) is 3.28. The van der Waals surface area contributed by atoms with Crippen LogP contribution in [0.25, 0.3) is 20.7 Å². The molecule has 3 heterocycles. The lowest BCUT2D eigenvalue weighted by molar-refractivity contribution is 0.373. The first kappa shape index (κ1) is 16.8. The third-order valence-electron chi connectivity index (χ3n) is 4.04. The largest absolute Gasteiger partial charge is 0.504 e. The van der Waals surface area contributed by atoms with Crippen LogP contribution in [0.2, 0.25) is 0 Å². The molecule has 0 saturated heterocycles. The summed E-state index contributed by atoms with van der Waals surface area (Å²) >= 11 is 3.33. The van der Waals surface area contributed by atoms with Gasteiger partial charge in [0, 0.05) is 22.4 Å². The Morgan fingerprint density at radius 3 is 2.81 bits per heavy atom. The second-order valence-electron chi connectivity index (χ2n) is 5.79. The zero-order valence-corrected chi connectivity index (χ0v) is 15.9. The highest BCUT2D eigenvalue weighted by Crippen LogP contribution is 2.39. The molecule has 1 aromatic carbocycles. The number of hydrogen-bond acceptors (Lipinski definition) is 7. The van der Waals surface area contributed by atoms with E-state index in [9.17, 15) is 5.11 Å². The van der Waals surface area contributed by atoms with Gasteiger partial charge in [-0.1, -0.05) is 12.1 Å². The number of aromatic hydroxyl groups is 1. The molecule has 5 nitrogen and oxygen atoms in total. The van der Waals surface area contributed by atoms with E-state index in [-0.39, 0.29) is 5.75 Å². The summed E-state index contributed by atoms with van der Waals surface area (Å²) in [4.78, 5) is 11.4. The SMILES string of the molecule is COc1ccc(CNc2nc(C)nc3scc(-c4cccs4)c23)cc1O. The first-order chi connectivity index (χ1) is 12.7. The summed E-state index contributed by atoms with van der Waals surface area (Å²) in [6.45, 7) is 2.44. The predicted molar refractivity (Wildman–Crippen MR) is 107 cm³/mol. The number of methoxy groups -OCH3 is 1. The standard InChI is InChI=1S/C19H17N3O2S2/c1-11-21-18(20-9-12-5-6-15(24-2)14(23)8-12)17-13(10-26-19(17)22-11)16-4-3-7-25-16/h3-8,10,23H,9H2,1-2H3,(H,20,21,22). The van der Waals surface area contributed by atoms with E-state index in [2.05, 4.69) is 32.1 Å². The normalized spacial score (nSPS) is 11.0. The lowest BCUT2D eigenvalue weighted by Gasteiger charge is -2.10. The van der Waals surface area contributed by atoms with Crippen molar-refractivity contribution in [2.24, 2.45) is 0 Å². The van der Waals surface area contributed by atoms with Gasteiger partial charge in [-0.15, -0.1) is 22.7 Å². The second-order valence-corrected chi connectivity index (χ2v) is 7.59. The minimum absolute atomic E-state index is 0.130. The maximum absolute atomic E-state index is 9.97. The van der Waals surface area contributed by atoms with Gasteiger partial charge in [0.1, 0.15) is 16.5 Å². The Balaban J connectivity index is 1.69. The van der Waals surface area contributed by atoms with Crippen molar-refractivity contribution in [2.75, 3.05) is 12.4 Å². The smallest absolute Gasteiger partial charge is 0.160 e. The zero-order chi connectivity index (χ0) is 18.1. The number of anilines is 1. The van der Waals surface area contributed by atoms with Crippen molar-refractivity contribution >= 4 is 38.7 Å². The van der Waals surface area contributed by atoms with E-state index in [1.54, 1.807) is 34.8 Å². The van der Waals surface area contributed by atoms with Gasteiger partial charge < -0.3 is 15.2 Å². The monoisotopic (exact) mass is 383 g/mol. The molecule has 0 atom stereocenters. The van der Waals surface area contributed by atoms with E-state index in [0.717, 1.165) is 33.0 Å². The molecule has 0 aliphatic rings. The maximum atomic E-state index is 9.97. The van der Waals surface area contributed by atoms with Crippen LogP contribution in [-0.4, -0.2) is 22.2 Å². The Morgan fingerprint density at radius 1 is 1.19 bits per heavy atom. The number of hydrogen-bond donors (Lipinski definition) is 2. The Morgan fingerprint density at radius 2 is 2.08 bits per heavy atom. The number of aryl methyl sites for hydroxylation is 1. The molecular formula is C19H17N3O2S2. The van der Waals surface area contributed by atoms with E-state index in [4.69, 9.17) is 4.74 Å². The van der Waals surface area contributed by atoms with Gasteiger partial charge in [0.05, 0.1) is 12.5 Å². The van der Waals surface area contributed by atoms with Crippen LogP contribution in [0.4, 0.5) is 5.82 Å². The number of benzene rings is 1. The van der Waals surface area contributed by atoms with Gasteiger partial charge in [0.25, 0.3) is 0 Å². The van der Waals surface area contributed by atoms with Crippen molar-refractivity contribution < 1.29 is 9.84 Å². The Kier molecular flexibility index (Phi) is 4.48. The highest BCUT2D eigenvalue weighted by atomic mass is 32.1. The van der Waals surface area contributed by atoms with Crippen molar-refractivity contribution in [3.8, 4) is 21.9 Å². The number of phenolic OH excluding ortho intramolecular Hbond substituents is 1. The van der Waals surface area contributed by atoms with Gasteiger partial charge in [-0.05, 0) is 36.1 Å². The molecule has 0 aliphatic heterocycles. The summed E-state index contributed by atoms with van der Waals surface area (Å²) in [5.41, 5.74) is 2.10. The zero-order valence-electron chi connectivity index (χ0n) is 14.3. The van der Waals surface area contributed by atoms with Crippen LogP contribution >= 0.6 is 22.7 Å². The highest BCUT2D eigenvalue weighted by Gasteiger charge is 2.15. The summed E-state index contributed by atoms with van der Waals surface area (Å²) in [5, 5.41) is 18.6. The molecule has 0 aliphatic carbocycles. The van der Waals surface area contributed by atoms with E-state index in [0.29, 0.717) is 12.3 Å². The first-order valence-electron chi connectivity index (χ1n) is 8.05. The summed E-state index contributed by atoms with van der Waals surface area (Å²) in [7, 11) is 1.54. The lowest BCUT2D eigenvalue weighted by Crippen LogP contribution is -2.04. The summed E-state index contributed by atoms with van der Waals surface area (Å²) in [6.07, 6.45) is 0. The van der Waals surface area contributed by atoms with E-state index in [1.165, 1.54) is 12.0 Å². The number of aromatic nitrogens is 2. The molecule has 2 N–H and O–H groups in total. The molecule has 4 rings (SSSR count). The number of nitrogens with zero attached hydrogens (tertiary/aromatic N) is 2. The second kappa shape index (κ2) is 6.93. The van der Waals surface area contributed by atoms with Crippen molar-refractivity contribution in [2.45, 2.75) is 13.5 Å². The Labute approximate surface area is 158 Å².